The highest BCUT2D eigenvalue weighted by Gasteiger charge is 2.32. The number of amides is 5. The Bertz CT molecular complexity index is 2340. The predicted octanol–water partition coefficient (Wildman–Crippen LogP) is 2.37. The number of allylic oxidation sites excluding steroid dienone is 1. The lowest BCUT2D eigenvalue weighted by Crippen LogP contribution is -2.59. The summed E-state index contributed by atoms with van der Waals surface area (Å²) in [7, 11) is 0. The van der Waals surface area contributed by atoms with Gasteiger partial charge in [-0.25, -0.2) is 0 Å². The van der Waals surface area contributed by atoms with Crippen molar-refractivity contribution in [1.82, 2.24) is 31.6 Å². The summed E-state index contributed by atoms with van der Waals surface area (Å²) in [5.41, 5.74) is 20.7. The average Bonchev–Trinajstić information content (AvgIpc) is 3.66. The maximum atomic E-state index is 14.4. The molecule has 4 aromatic carbocycles. The van der Waals surface area contributed by atoms with Crippen LogP contribution in [0.15, 0.2) is 109 Å². The van der Waals surface area contributed by atoms with Gasteiger partial charge in [0.05, 0.1) is 12.1 Å². The molecule has 3 unspecified atom stereocenters. The molecule has 0 aliphatic rings. The van der Waals surface area contributed by atoms with Crippen molar-refractivity contribution < 1.29 is 29.1 Å². The molecule has 1 aromatic heterocycles. The third-order valence-corrected chi connectivity index (χ3v) is 10.5. The summed E-state index contributed by atoms with van der Waals surface area (Å²) < 4.78 is 0. The van der Waals surface area contributed by atoms with E-state index in [1.165, 1.54) is 13.8 Å². The molecule has 0 bridgehead atoms. The van der Waals surface area contributed by atoms with Crippen LogP contribution in [0.25, 0.3) is 27.2 Å². The van der Waals surface area contributed by atoms with Gasteiger partial charge in [-0.2, -0.15) is 0 Å². The lowest BCUT2D eigenvalue weighted by Gasteiger charge is -2.27. The molecule has 5 aromatic rings. The van der Waals surface area contributed by atoms with E-state index in [0.29, 0.717) is 36.9 Å². The third kappa shape index (κ3) is 12.6. The van der Waals surface area contributed by atoms with Crippen LogP contribution in [-0.4, -0.2) is 82.6 Å². The molecule has 5 rings (SSSR count). The average molecular weight is 832 g/mol. The van der Waals surface area contributed by atoms with Crippen molar-refractivity contribution in [3.8, 4) is 0 Å². The number of nitrogens with one attached hydrogen (secondary N) is 6. The van der Waals surface area contributed by atoms with E-state index in [1.54, 1.807) is 13.1 Å². The zero-order chi connectivity index (χ0) is 44.1. The zero-order valence-corrected chi connectivity index (χ0v) is 34.7. The van der Waals surface area contributed by atoms with E-state index in [2.05, 4.69) is 31.6 Å². The number of aliphatic hydroxyl groups is 1. The lowest BCUT2D eigenvalue weighted by atomic mass is 10.00. The van der Waals surface area contributed by atoms with E-state index in [-0.39, 0.29) is 18.5 Å². The summed E-state index contributed by atoms with van der Waals surface area (Å²) in [6.07, 6.45) is 2.13. The minimum Gasteiger partial charge on any atom is -0.377 e. The lowest BCUT2D eigenvalue weighted by molar-refractivity contribution is -0.133. The Kier molecular flexibility index (Phi) is 16.3. The highest BCUT2D eigenvalue weighted by Crippen LogP contribution is 2.24. The molecule has 0 aliphatic carbocycles. The molecule has 15 heteroatoms. The maximum Gasteiger partial charge on any atom is 0.268 e. The molecular weight excluding hydrogens is 775 g/mol. The van der Waals surface area contributed by atoms with Crippen LogP contribution < -0.4 is 43.8 Å². The number of rotatable bonds is 20. The van der Waals surface area contributed by atoms with Crippen LogP contribution in [0.3, 0.4) is 0 Å². The van der Waals surface area contributed by atoms with Gasteiger partial charge in [0.25, 0.3) is 5.91 Å². The highest BCUT2D eigenvalue weighted by atomic mass is 16.3. The van der Waals surface area contributed by atoms with E-state index in [4.69, 9.17) is 17.2 Å². The molecule has 0 spiro atoms. The first-order valence-corrected chi connectivity index (χ1v) is 20.5. The zero-order valence-electron chi connectivity index (χ0n) is 34.7. The molecule has 15 nitrogen and oxygen atoms in total. The van der Waals surface area contributed by atoms with Crippen LogP contribution >= 0.6 is 0 Å². The quantitative estimate of drug-likeness (QED) is 0.0313. The maximum absolute atomic E-state index is 14.4. The van der Waals surface area contributed by atoms with Crippen molar-refractivity contribution in [3.63, 3.8) is 0 Å². The number of fused-ring (bicyclic) bond motifs is 2. The van der Waals surface area contributed by atoms with Crippen LogP contribution in [0.2, 0.25) is 0 Å². The number of carbonyl (C=O) groups excluding carboxylic acids is 5. The first kappa shape index (κ1) is 45.7. The summed E-state index contributed by atoms with van der Waals surface area (Å²) in [5.74, 6) is -3.30. The molecule has 0 radical (unpaired) electrons. The number of para-hydroxylation sites is 1. The van der Waals surface area contributed by atoms with Crippen LogP contribution in [0, 0.1) is 0 Å². The number of unbranched alkanes of at least 4 members (excludes halogenated alkanes) is 1. The molecule has 1 heterocycles. The summed E-state index contributed by atoms with van der Waals surface area (Å²) in [4.78, 5) is 72.3. The minimum absolute atomic E-state index is 0.0157. The van der Waals surface area contributed by atoms with Crippen molar-refractivity contribution in [2.24, 2.45) is 17.2 Å². The van der Waals surface area contributed by atoms with Gasteiger partial charge in [0.15, 0.2) is 0 Å². The second kappa shape index (κ2) is 21.7. The predicted molar refractivity (Wildman–Crippen MR) is 237 cm³/mol. The fourth-order valence-corrected chi connectivity index (χ4v) is 6.94. The van der Waals surface area contributed by atoms with Crippen molar-refractivity contribution in [1.29, 1.82) is 0 Å². The van der Waals surface area contributed by atoms with Gasteiger partial charge in [-0.3, -0.25) is 24.0 Å². The summed E-state index contributed by atoms with van der Waals surface area (Å²) in [5, 5.41) is 26.8. The fraction of sp³-hybridized carbons (Fsp3) is 0.326. The van der Waals surface area contributed by atoms with Gasteiger partial charge in [0.1, 0.15) is 30.1 Å². The van der Waals surface area contributed by atoms with Gasteiger partial charge in [-0.1, -0.05) is 91.3 Å². The Morgan fingerprint density at radius 1 is 0.705 bits per heavy atom. The third-order valence-electron chi connectivity index (χ3n) is 10.5. The number of hydrogen-bond donors (Lipinski definition) is 10. The molecule has 322 valence electrons. The van der Waals surface area contributed by atoms with Gasteiger partial charge < -0.3 is 53.9 Å². The van der Waals surface area contributed by atoms with Gasteiger partial charge >= 0.3 is 0 Å². The molecule has 13 N–H and O–H groups in total. The van der Waals surface area contributed by atoms with Gasteiger partial charge in [-0.05, 0) is 85.3 Å². The Morgan fingerprint density at radius 3 is 2.05 bits per heavy atom. The Hall–Kier alpha value is -6.39. The second-order valence-electron chi connectivity index (χ2n) is 15.3. The molecule has 0 aliphatic heterocycles. The van der Waals surface area contributed by atoms with E-state index < -0.39 is 66.0 Å². The summed E-state index contributed by atoms with van der Waals surface area (Å²) >= 11 is 0. The number of benzene rings is 4. The van der Waals surface area contributed by atoms with Crippen LogP contribution in [-0.2, 0) is 36.8 Å². The monoisotopic (exact) mass is 831 g/mol. The van der Waals surface area contributed by atoms with Gasteiger partial charge in [0.2, 0.25) is 23.6 Å². The second-order valence-corrected chi connectivity index (χ2v) is 15.3. The fourth-order valence-electron chi connectivity index (χ4n) is 6.94. The first-order valence-electron chi connectivity index (χ1n) is 20.5. The van der Waals surface area contributed by atoms with E-state index in [1.807, 2.05) is 97.1 Å². The smallest absolute Gasteiger partial charge is 0.268 e. The van der Waals surface area contributed by atoms with Gasteiger partial charge in [0, 0.05) is 29.9 Å². The normalized spacial score (nSPS) is 14.7. The first-order chi connectivity index (χ1) is 29.2. The van der Waals surface area contributed by atoms with Crippen molar-refractivity contribution >= 4 is 56.8 Å². The Labute approximate surface area is 355 Å². The van der Waals surface area contributed by atoms with Crippen molar-refractivity contribution in [3.05, 3.63) is 126 Å². The van der Waals surface area contributed by atoms with Crippen LogP contribution in [0.4, 0.5) is 0 Å². The molecular formula is C46H57N9O6. The van der Waals surface area contributed by atoms with E-state index >= 15 is 0 Å². The van der Waals surface area contributed by atoms with Crippen molar-refractivity contribution in [2.45, 2.75) is 89.3 Å². The number of H-pyrrole nitrogens is 1. The standard InChI is InChI=1S/C46H57N9O6/c1-27(32-21-20-31-15-7-8-16-33(31)24-32)40(55-42(57)28(2)48)46(61)51-29(3)43(58)53-39(25-34-26-50-36-18-10-9-17-35(34)36)45(60)54-38(23-30-13-5-4-6-14-30)44(59)52-37(41(49)56)19-11-12-22-47/h4-10,13-18,20-21,24,26,28-29,37-39,41,50,56H,11-12,19,22-23,25,47-49H2,1-3H3,(H,51,61)(H,52,59)(H,53,58)(H,54,60)(H,55,57)/b40-27-/t28-,29-,37?,38?,39+,41?/m1/s1. The minimum atomic E-state index is -1.36. The molecule has 61 heavy (non-hydrogen) atoms. The van der Waals surface area contributed by atoms with Crippen LogP contribution in [0.1, 0.15) is 56.7 Å². The largest absolute Gasteiger partial charge is 0.377 e. The molecule has 0 saturated carbocycles. The highest BCUT2D eigenvalue weighted by molar-refractivity contribution is 6.06. The molecule has 0 fully saturated rings. The molecule has 5 amide bonds. The van der Waals surface area contributed by atoms with Crippen molar-refractivity contribution in [2.75, 3.05) is 6.54 Å². The summed E-state index contributed by atoms with van der Waals surface area (Å²) in [6.45, 7) is 5.07. The number of aliphatic hydroxyl groups excluding tert-OH is 1. The number of aromatic nitrogens is 1. The molecule has 0 saturated heterocycles. The molecule has 6 atom stereocenters. The number of aromatic amines is 1. The number of carbonyl (C=O) groups is 5. The summed E-state index contributed by atoms with van der Waals surface area (Å²) in [6, 6.07) is 24.6. The SMILES string of the molecule is C/C(=C(/NC(=O)[C@@H](C)N)C(=O)N[C@H](C)C(=O)N[C@@H](Cc1c[nH]c2ccccc12)C(=O)NC(Cc1ccccc1)C(=O)NC(CCCCN)C(N)O)c1ccc2ccccc2c1. The Morgan fingerprint density at radius 2 is 1.34 bits per heavy atom. The Balaban J connectivity index is 1.41. The topological polar surface area (TPSA) is 260 Å². The number of nitrogens with two attached hydrogens (primary N) is 3. The number of hydrogen-bond acceptors (Lipinski definition) is 9. The van der Waals surface area contributed by atoms with E-state index in [9.17, 15) is 29.1 Å². The van der Waals surface area contributed by atoms with E-state index in [0.717, 1.165) is 32.8 Å². The van der Waals surface area contributed by atoms with Gasteiger partial charge in [-0.15, -0.1) is 0 Å². The van der Waals surface area contributed by atoms with Crippen LogP contribution in [0.5, 0.6) is 0 Å².